The minimum atomic E-state index is -0.758. The first-order valence-corrected chi connectivity index (χ1v) is 7.28. The lowest BCUT2D eigenvalue weighted by Gasteiger charge is -2.26. The van der Waals surface area contributed by atoms with E-state index in [0.29, 0.717) is 29.8 Å². The van der Waals surface area contributed by atoms with Crippen LogP contribution in [-0.4, -0.2) is 38.8 Å². The van der Waals surface area contributed by atoms with Crippen LogP contribution in [0.3, 0.4) is 0 Å². The molecule has 1 aromatic carbocycles. The smallest absolute Gasteiger partial charge is 0.241 e. The number of likely N-dealkylation sites (N-methyl/N-ethyl adjacent to an activating group) is 1. The van der Waals surface area contributed by atoms with Gasteiger partial charge in [-0.3, -0.25) is 4.90 Å². The molecule has 0 aliphatic heterocycles. The maximum Gasteiger partial charge on any atom is 0.241 e. The zero-order chi connectivity index (χ0) is 15.5. The summed E-state index contributed by atoms with van der Waals surface area (Å²) in [5.74, 6) is 1.04. The molecule has 0 atom stereocenters. The van der Waals surface area contributed by atoms with Crippen molar-refractivity contribution in [2.75, 3.05) is 13.1 Å². The molecule has 6 heteroatoms. The Morgan fingerprint density at radius 3 is 2.76 bits per heavy atom. The van der Waals surface area contributed by atoms with Crippen LogP contribution in [-0.2, 0) is 6.54 Å². The standard InChI is InChI=1S/C15H20ClN3O2/c1-4-19(10-15(2,3)20)9-13-17-14(18-21-13)11-6-5-7-12(16)8-11/h5-8,20H,4,9-10H2,1-3H3. The summed E-state index contributed by atoms with van der Waals surface area (Å²) >= 11 is 5.96. The van der Waals surface area contributed by atoms with Crippen LogP contribution in [0.15, 0.2) is 28.8 Å². The molecular weight excluding hydrogens is 290 g/mol. The number of nitrogens with zero attached hydrogens (tertiary/aromatic N) is 3. The monoisotopic (exact) mass is 309 g/mol. The van der Waals surface area contributed by atoms with E-state index >= 15 is 0 Å². The molecule has 2 rings (SSSR count). The number of hydrogen-bond donors (Lipinski definition) is 1. The summed E-state index contributed by atoms with van der Waals surface area (Å²) in [7, 11) is 0. The second-order valence-electron chi connectivity index (χ2n) is 5.64. The Morgan fingerprint density at radius 2 is 2.14 bits per heavy atom. The van der Waals surface area contributed by atoms with Crippen LogP contribution in [0.4, 0.5) is 0 Å². The molecule has 0 spiro atoms. The van der Waals surface area contributed by atoms with E-state index in [-0.39, 0.29) is 0 Å². The lowest BCUT2D eigenvalue weighted by Crippen LogP contribution is -2.38. The van der Waals surface area contributed by atoms with E-state index in [9.17, 15) is 5.11 Å². The third kappa shape index (κ3) is 4.81. The molecule has 1 heterocycles. The average molecular weight is 310 g/mol. The molecule has 0 aliphatic carbocycles. The number of aliphatic hydroxyl groups is 1. The van der Waals surface area contributed by atoms with Crippen molar-refractivity contribution in [1.82, 2.24) is 15.0 Å². The van der Waals surface area contributed by atoms with Gasteiger partial charge in [0.05, 0.1) is 12.1 Å². The van der Waals surface area contributed by atoms with Crippen LogP contribution in [0.2, 0.25) is 5.02 Å². The van der Waals surface area contributed by atoms with Crippen LogP contribution in [0, 0.1) is 0 Å². The molecule has 5 nitrogen and oxygen atoms in total. The molecule has 0 aliphatic rings. The summed E-state index contributed by atoms with van der Waals surface area (Å²) in [6.07, 6.45) is 0. The van der Waals surface area contributed by atoms with E-state index in [0.717, 1.165) is 12.1 Å². The highest BCUT2D eigenvalue weighted by molar-refractivity contribution is 6.30. The quantitative estimate of drug-likeness (QED) is 0.889. The average Bonchev–Trinajstić information content (AvgIpc) is 2.85. The first-order valence-electron chi connectivity index (χ1n) is 6.90. The molecule has 1 N–H and O–H groups in total. The van der Waals surface area contributed by atoms with E-state index in [1.54, 1.807) is 26.0 Å². The molecule has 0 saturated heterocycles. The Balaban J connectivity index is 2.09. The Kier molecular flexibility index (Phi) is 4.98. The molecule has 0 bridgehead atoms. The first-order chi connectivity index (χ1) is 9.87. The fraction of sp³-hybridized carbons (Fsp3) is 0.467. The molecule has 0 fully saturated rings. The number of aromatic nitrogens is 2. The molecule has 0 unspecified atom stereocenters. The largest absolute Gasteiger partial charge is 0.389 e. The van der Waals surface area contributed by atoms with Gasteiger partial charge in [0.25, 0.3) is 0 Å². The van der Waals surface area contributed by atoms with Gasteiger partial charge in [-0.15, -0.1) is 0 Å². The van der Waals surface area contributed by atoms with Crippen molar-refractivity contribution in [3.63, 3.8) is 0 Å². The number of rotatable bonds is 6. The molecule has 0 saturated carbocycles. The van der Waals surface area contributed by atoms with Crippen molar-refractivity contribution in [2.45, 2.75) is 32.9 Å². The van der Waals surface area contributed by atoms with Crippen molar-refractivity contribution in [3.8, 4) is 11.4 Å². The SMILES string of the molecule is CCN(Cc1nc(-c2cccc(Cl)c2)no1)CC(C)(C)O. The minimum absolute atomic E-state index is 0.508. The third-order valence-corrected chi connectivity index (χ3v) is 3.20. The van der Waals surface area contributed by atoms with Gasteiger partial charge in [0.15, 0.2) is 0 Å². The van der Waals surface area contributed by atoms with Gasteiger partial charge in [0.1, 0.15) is 0 Å². The molecule has 2 aromatic rings. The number of halogens is 1. The van der Waals surface area contributed by atoms with Gasteiger partial charge in [-0.2, -0.15) is 4.98 Å². The molecule has 114 valence electrons. The zero-order valence-electron chi connectivity index (χ0n) is 12.5. The Bertz CT molecular complexity index is 593. The predicted octanol–water partition coefficient (Wildman–Crippen LogP) is 2.98. The van der Waals surface area contributed by atoms with E-state index in [2.05, 4.69) is 15.0 Å². The summed E-state index contributed by atoms with van der Waals surface area (Å²) in [5.41, 5.74) is 0.0641. The Morgan fingerprint density at radius 1 is 1.38 bits per heavy atom. The number of benzene rings is 1. The van der Waals surface area contributed by atoms with Gasteiger partial charge in [-0.1, -0.05) is 35.8 Å². The van der Waals surface area contributed by atoms with E-state index in [1.807, 2.05) is 19.1 Å². The summed E-state index contributed by atoms with van der Waals surface area (Å²) < 4.78 is 5.28. The molecular formula is C15H20ClN3O2. The molecule has 0 radical (unpaired) electrons. The van der Waals surface area contributed by atoms with Crippen molar-refractivity contribution in [3.05, 3.63) is 35.2 Å². The van der Waals surface area contributed by atoms with Gasteiger partial charge in [-0.05, 0) is 32.5 Å². The first kappa shape index (κ1) is 15.9. The Hall–Kier alpha value is -1.43. The highest BCUT2D eigenvalue weighted by atomic mass is 35.5. The molecule has 1 aromatic heterocycles. The predicted molar refractivity (Wildman–Crippen MR) is 82.0 cm³/mol. The van der Waals surface area contributed by atoms with Gasteiger partial charge in [0.2, 0.25) is 11.7 Å². The van der Waals surface area contributed by atoms with Crippen molar-refractivity contribution in [1.29, 1.82) is 0 Å². The van der Waals surface area contributed by atoms with Crippen LogP contribution in [0.5, 0.6) is 0 Å². The van der Waals surface area contributed by atoms with E-state index in [4.69, 9.17) is 16.1 Å². The second-order valence-corrected chi connectivity index (χ2v) is 6.07. The lowest BCUT2D eigenvalue weighted by molar-refractivity contribution is 0.0322. The lowest BCUT2D eigenvalue weighted by atomic mass is 10.1. The second kappa shape index (κ2) is 6.56. The van der Waals surface area contributed by atoms with Crippen molar-refractivity contribution >= 4 is 11.6 Å². The van der Waals surface area contributed by atoms with E-state index < -0.39 is 5.60 Å². The zero-order valence-corrected chi connectivity index (χ0v) is 13.3. The van der Waals surface area contributed by atoms with Crippen LogP contribution >= 0.6 is 11.6 Å². The topological polar surface area (TPSA) is 62.4 Å². The van der Waals surface area contributed by atoms with Gasteiger partial charge >= 0.3 is 0 Å². The normalized spacial score (nSPS) is 12.1. The summed E-state index contributed by atoms with van der Waals surface area (Å²) in [5, 5.41) is 14.5. The number of hydrogen-bond acceptors (Lipinski definition) is 5. The van der Waals surface area contributed by atoms with Gasteiger partial charge < -0.3 is 9.63 Å². The van der Waals surface area contributed by atoms with Gasteiger partial charge in [-0.25, -0.2) is 0 Å². The fourth-order valence-corrected chi connectivity index (χ4v) is 2.27. The molecule has 21 heavy (non-hydrogen) atoms. The Labute approximate surface area is 129 Å². The molecule has 0 amide bonds. The van der Waals surface area contributed by atoms with Crippen LogP contribution in [0.1, 0.15) is 26.7 Å². The summed E-state index contributed by atoms with van der Waals surface area (Å²) in [4.78, 5) is 6.43. The highest BCUT2D eigenvalue weighted by Gasteiger charge is 2.19. The maximum absolute atomic E-state index is 9.89. The fourth-order valence-electron chi connectivity index (χ4n) is 2.08. The van der Waals surface area contributed by atoms with Gasteiger partial charge in [0, 0.05) is 17.1 Å². The van der Waals surface area contributed by atoms with E-state index in [1.165, 1.54) is 0 Å². The minimum Gasteiger partial charge on any atom is -0.389 e. The highest BCUT2D eigenvalue weighted by Crippen LogP contribution is 2.20. The van der Waals surface area contributed by atoms with Crippen molar-refractivity contribution in [2.24, 2.45) is 0 Å². The van der Waals surface area contributed by atoms with Crippen LogP contribution in [0.25, 0.3) is 11.4 Å². The maximum atomic E-state index is 9.89. The summed E-state index contributed by atoms with van der Waals surface area (Å²) in [6.45, 7) is 7.42. The summed E-state index contributed by atoms with van der Waals surface area (Å²) in [6, 6.07) is 7.33. The van der Waals surface area contributed by atoms with Crippen molar-refractivity contribution < 1.29 is 9.63 Å². The van der Waals surface area contributed by atoms with Crippen LogP contribution < -0.4 is 0 Å². The third-order valence-electron chi connectivity index (χ3n) is 2.97.